The third-order valence-electron chi connectivity index (χ3n) is 4.23. The lowest BCUT2D eigenvalue weighted by Crippen LogP contribution is -2.27. The molecule has 3 rings (SSSR count). The van der Waals surface area contributed by atoms with Crippen LogP contribution in [0.5, 0.6) is 0 Å². The van der Waals surface area contributed by atoms with Crippen molar-refractivity contribution in [2.45, 2.75) is 39.2 Å². The maximum absolute atomic E-state index is 11.9. The number of ether oxygens (including phenoxy) is 1. The maximum Gasteiger partial charge on any atom is 0.412 e. The Balaban J connectivity index is 1.76. The van der Waals surface area contributed by atoms with Gasteiger partial charge < -0.3 is 4.74 Å². The minimum atomic E-state index is -0.541. The van der Waals surface area contributed by atoms with Crippen LogP contribution in [0, 0.1) is 10.1 Å². The number of fused-ring (bicyclic) bond motifs is 1. The number of nitro benzene ring substituents is 1. The normalized spacial score (nSPS) is 13.4. The van der Waals surface area contributed by atoms with Crippen molar-refractivity contribution in [1.82, 2.24) is 0 Å². The van der Waals surface area contributed by atoms with Crippen LogP contribution in [0.25, 0.3) is 11.6 Å². The Labute approximate surface area is 158 Å². The number of hydrogen-bond acceptors (Lipinski definition) is 4. The number of aryl methyl sites for hydroxylation is 1. The van der Waals surface area contributed by atoms with E-state index in [2.05, 4.69) is 11.4 Å². The van der Waals surface area contributed by atoms with Crippen molar-refractivity contribution >= 4 is 29.1 Å². The van der Waals surface area contributed by atoms with Crippen molar-refractivity contribution < 1.29 is 14.5 Å². The summed E-state index contributed by atoms with van der Waals surface area (Å²) in [4.78, 5) is 22.3. The molecule has 6 heteroatoms. The molecule has 0 aliphatic heterocycles. The van der Waals surface area contributed by atoms with E-state index in [1.165, 1.54) is 12.1 Å². The van der Waals surface area contributed by atoms with E-state index < -0.39 is 16.6 Å². The van der Waals surface area contributed by atoms with Crippen molar-refractivity contribution in [3.63, 3.8) is 0 Å². The monoisotopic (exact) mass is 366 g/mol. The Morgan fingerprint density at radius 1 is 1.11 bits per heavy atom. The minimum Gasteiger partial charge on any atom is -0.444 e. The van der Waals surface area contributed by atoms with Gasteiger partial charge in [0.25, 0.3) is 5.69 Å². The van der Waals surface area contributed by atoms with E-state index in [1.54, 1.807) is 12.1 Å². The lowest BCUT2D eigenvalue weighted by molar-refractivity contribution is -0.384. The Morgan fingerprint density at radius 3 is 2.44 bits per heavy atom. The second-order valence-corrected chi connectivity index (χ2v) is 7.51. The number of non-ortho nitro benzene ring substituents is 1. The highest BCUT2D eigenvalue weighted by atomic mass is 16.6. The SMILES string of the molecule is CC(C)(C)OC(=O)Nc1ccc2c(c1)CCC(c1ccc([N+](=O)[O-])cc1)=C2. The summed E-state index contributed by atoms with van der Waals surface area (Å²) in [6.45, 7) is 5.47. The average Bonchev–Trinajstić information content (AvgIpc) is 2.59. The van der Waals surface area contributed by atoms with E-state index in [0.29, 0.717) is 5.69 Å². The first-order valence-electron chi connectivity index (χ1n) is 8.79. The third-order valence-corrected chi connectivity index (χ3v) is 4.23. The first kappa shape index (κ1) is 18.6. The van der Waals surface area contributed by atoms with E-state index in [-0.39, 0.29) is 5.69 Å². The average molecular weight is 366 g/mol. The molecule has 0 fully saturated rings. The number of carbonyl (C=O) groups excluding carboxylic acids is 1. The van der Waals surface area contributed by atoms with Crippen LogP contribution in [0.4, 0.5) is 16.2 Å². The van der Waals surface area contributed by atoms with Crippen LogP contribution in [-0.4, -0.2) is 16.6 Å². The van der Waals surface area contributed by atoms with Gasteiger partial charge in [0.15, 0.2) is 0 Å². The molecule has 1 aliphatic rings. The summed E-state index contributed by atoms with van der Waals surface area (Å²) in [6.07, 6.45) is 3.29. The van der Waals surface area contributed by atoms with Gasteiger partial charge in [-0.15, -0.1) is 0 Å². The fraction of sp³-hybridized carbons (Fsp3) is 0.286. The zero-order valence-electron chi connectivity index (χ0n) is 15.6. The van der Waals surface area contributed by atoms with Gasteiger partial charge in [0.1, 0.15) is 5.60 Å². The summed E-state index contributed by atoms with van der Waals surface area (Å²) in [5.41, 5.74) is 4.62. The maximum atomic E-state index is 11.9. The molecule has 0 radical (unpaired) electrons. The van der Waals surface area contributed by atoms with Crippen LogP contribution in [0.3, 0.4) is 0 Å². The summed E-state index contributed by atoms with van der Waals surface area (Å²) < 4.78 is 5.28. The quantitative estimate of drug-likeness (QED) is 0.580. The Kier molecular flexibility index (Phi) is 4.99. The molecule has 0 aromatic heterocycles. The molecule has 0 unspecified atom stereocenters. The molecule has 2 aromatic carbocycles. The van der Waals surface area contributed by atoms with E-state index in [9.17, 15) is 14.9 Å². The zero-order chi connectivity index (χ0) is 19.6. The molecule has 0 saturated carbocycles. The highest BCUT2D eigenvalue weighted by molar-refractivity contribution is 5.88. The smallest absolute Gasteiger partial charge is 0.412 e. The number of nitro groups is 1. The van der Waals surface area contributed by atoms with Gasteiger partial charge in [0, 0.05) is 17.8 Å². The van der Waals surface area contributed by atoms with Crippen LogP contribution in [0.2, 0.25) is 0 Å². The lowest BCUT2D eigenvalue weighted by Gasteiger charge is -2.21. The van der Waals surface area contributed by atoms with Crippen molar-refractivity contribution in [3.05, 3.63) is 69.3 Å². The first-order chi connectivity index (χ1) is 12.7. The number of nitrogens with zero attached hydrogens (tertiary/aromatic N) is 1. The standard InChI is InChI=1S/C21H22N2O4/c1-21(2,3)27-20(24)22-18-9-6-16-12-15(4-5-17(16)13-18)14-7-10-19(11-8-14)23(25)26/h6-13H,4-5H2,1-3H3,(H,22,24). The molecule has 1 aliphatic carbocycles. The fourth-order valence-electron chi connectivity index (χ4n) is 3.02. The number of allylic oxidation sites excluding steroid dienone is 1. The number of benzene rings is 2. The molecule has 0 atom stereocenters. The zero-order valence-corrected chi connectivity index (χ0v) is 15.6. The molecule has 0 saturated heterocycles. The van der Waals surface area contributed by atoms with Crippen LogP contribution < -0.4 is 5.32 Å². The van der Waals surface area contributed by atoms with E-state index in [1.807, 2.05) is 39.0 Å². The molecule has 1 amide bonds. The topological polar surface area (TPSA) is 81.5 Å². The summed E-state index contributed by atoms with van der Waals surface area (Å²) >= 11 is 0. The molecule has 1 N–H and O–H groups in total. The molecule has 0 heterocycles. The second-order valence-electron chi connectivity index (χ2n) is 7.51. The summed E-state index contributed by atoms with van der Waals surface area (Å²) in [7, 11) is 0. The van der Waals surface area contributed by atoms with E-state index in [0.717, 1.165) is 35.1 Å². The molecular formula is C21H22N2O4. The highest BCUT2D eigenvalue weighted by Crippen LogP contribution is 2.32. The van der Waals surface area contributed by atoms with Gasteiger partial charge in [-0.25, -0.2) is 4.79 Å². The lowest BCUT2D eigenvalue weighted by atomic mass is 9.88. The second kappa shape index (κ2) is 7.23. The van der Waals surface area contributed by atoms with Gasteiger partial charge in [0.05, 0.1) is 4.92 Å². The van der Waals surface area contributed by atoms with Crippen molar-refractivity contribution in [2.24, 2.45) is 0 Å². The molecule has 27 heavy (non-hydrogen) atoms. The highest BCUT2D eigenvalue weighted by Gasteiger charge is 2.18. The number of rotatable bonds is 3. The summed E-state index contributed by atoms with van der Waals surface area (Å²) in [5.74, 6) is 0. The van der Waals surface area contributed by atoms with Gasteiger partial charge in [-0.05, 0) is 80.1 Å². The van der Waals surface area contributed by atoms with Gasteiger partial charge in [0.2, 0.25) is 0 Å². The summed E-state index contributed by atoms with van der Waals surface area (Å²) in [5, 5.41) is 13.6. The number of amides is 1. The molecule has 6 nitrogen and oxygen atoms in total. The van der Waals surface area contributed by atoms with Crippen molar-refractivity contribution in [3.8, 4) is 0 Å². The van der Waals surface area contributed by atoms with Gasteiger partial charge in [-0.2, -0.15) is 0 Å². The Morgan fingerprint density at radius 2 is 1.81 bits per heavy atom. The molecule has 0 spiro atoms. The van der Waals surface area contributed by atoms with Crippen LogP contribution in [0.15, 0.2) is 42.5 Å². The molecular weight excluding hydrogens is 344 g/mol. The number of hydrogen-bond donors (Lipinski definition) is 1. The van der Waals surface area contributed by atoms with Gasteiger partial charge >= 0.3 is 6.09 Å². The number of carbonyl (C=O) groups is 1. The van der Waals surface area contributed by atoms with Gasteiger partial charge in [-0.3, -0.25) is 15.4 Å². The van der Waals surface area contributed by atoms with E-state index in [4.69, 9.17) is 4.74 Å². The molecule has 2 aromatic rings. The predicted molar refractivity (Wildman–Crippen MR) is 106 cm³/mol. The first-order valence-corrected chi connectivity index (χ1v) is 8.79. The third kappa shape index (κ3) is 4.73. The largest absolute Gasteiger partial charge is 0.444 e. The molecule has 0 bridgehead atoms. The fourth-order valence-corrected chi connectivity index (χ4v) is 3.02. The van der Waals surface area contributed by atoms with E-state index >= 15 is 0 Å². The predicted octanol–water partition coefficient (Wildman–Crippen LogP) is 5.43. The molecule has 140 valence electrons. The Bertz CT molecular complexity index is 909. The van der Waals surface area contributed by atoms with Gasteiger partial charge in [-0.1, -0.05) is 12.1 Å². The van der Waals surface area contributed by atoms with Crippen molar-refractivity contribution in [1.29, 1.82) is 0 Å². The van der Waals surface area contributed by atoms with Crippen LogP contribution in [0.1, 0.15) is 43.9 Å². The van der Waals surface area contributed by atoms with Crippen LogP contribution >= 0.6 is 0 Å². The van der Waals surface area contributed by atoms with Crippen molar-refractivity contribution in [2.75, 3.05) is 5.32 Å². The number of anilines is 1. The minimum absolute atomic E-state index is 0.0911. The summed E-state index contributed by atoms with van der Waals surface area (Å²) in [6, 6.07) is 12.4. The Hall–Kier alpha value is -3.15. The number of nitrogens with one attached hydrogen (secondary N) is 1. The van der Waals surface area contributed by atoms with Crippen LogP contribution in [-0.2, 0) is 11.2 Å².